The summed E-state index contributed by atoms with van der Waals surface area (Å²) in [7, 11) is 6.03. The number of aromatic nitrogens is 6. The molecule has 0 fully saturated rings. The van der Waals surface area contributed by atoms with Gasteiger partial charge in [0.1, 0.15) is 17.5 Å². The molecule has 24 heavy (non-hydrogen) atoms. The van der Waals surface area contributed by atoms with Gasteiger partial charge in [-0.3, -0.25) is 4.68 Å². The molecule has 0 aliphatic heterocycles. The Morgan fingerprint density at radius 3 is 2.67 bits per heavy atom. The van der Waals surface area contributed by atoms with E-state index in [4.69, 9.17) is 4.98 Å². The number of fused-ring (bicyclic) bond motifs is 1. The van der Waals surface area contributed by atoms with Crippen molar-refractivity contribution < 1.29 is 0 Å². The van der Waals surface area contributed by atoms with Crippen LogP contribution in [0.25, 0.3) is 11.0 Å². The van der Waals surface area contributed by atoms with E-state index in [0.717, 1.165) is 47.9 Å². The number of rotatable bonds is 6. The van der Waals surface area contributed by atoms with Crippen molar-refractivity contribution in [1.82, 2.24) is 29.3 Å². The Morgan fingerprint density at radius 2 is 2.00 bits per heavy atom. The van der Waals surface area contributed by atoms with E-state index in [1.807, 2.05) is 37.4 Å². The molecule has 0 atom stereocenters. The maximum absolute atomic E-state index is 4.79. The summed E-state index contributed by atoms with van der Waals surface area (Å²) in [4.78, 5) is 16.0. The average molecular weight is 327 g/mol. The minimum absolute atomic E-state index is 0.281. The van der Waals surface area contributed by atoms with Crippen LogP contribution in [-0.2, 0) is 20.5 Å². The molecule has 3 aromatic rings. The highest BCUT2D eigenvalue weighted by Crippen LogP contribution is 2.25. The van der Waals surface area contributed by atoms with Gasteiger partial charge in [-0.05, 0) is 6.42 Å². The average Bonchev–Trinajstić information content (AvgIpc) is 3.13. The molecular formula is C17H25N7. The van der Waals surface area contributed by atoms with Gasteiger partial charge in [0.15, 0.2) is 5.65 Å². The normalized spacial score (nSPS) is 11.6. The van der Waals surface area contributed by atoms with Crippen molar-refractivity contribution in [3.63, 3.8) is 0 Å². The zero-order chi connectivity index (χ0) is 17.3. The summed E-state index contributed by atoms with van der Waals surface area (Å²) in [5, 5.41) is 5.35. The number of imidazole rings is 1. The Balaban J connectivity index is 1.80. The van der Waals surface area contributed by atoms with Crippen molar-refractivity contribution in [2.24, 2.45) is 14.1 Å². The molecule has 7 heteroatoms. The first-order valence-electron chi connectivity index (χ1n) is 8.34. The van der Waals surface area contributed by atoms with E-state index in [-0.39, 0.29) is 5.92 Å². The van der Waals surface area contributed by atoms with Gasteiger partial charge in [0.25, 0.3) is 0 Å². The molecular weight excluding hydrogens is 302 g/mol. The van der Waals surface area contributed by atoms with Crippen molar-refractivity contribution in [2.45, 2.75) is 32.6 Å². The van der Waals surface area contributed by atoms with Crippen LogP contribution in [0.15, 0.2) is 18.6 Å². The zero-order valence-electron chi connectivity index (χ0n) is 15.1. The van der Waals surface area contributed by atoms with Crippen LogP contribution in [0.3, 0.4) is 0 Å². The van der Waals surface area contributed by atoms with E-state index in [2.05, 4.69) is 45.4 Å². The third kappa shape index (κ3) is 3.11. The first kappa shape index (κ1) is 16.4. The molecule has 0 saturated heterocycles. The summed E-state index contributed by atoms with van der Waals surface area (Å²) >= 11 is 0. The summed E-state index contributed by atoms with van der Waals surface area (Å²) in [5.74, 6) is 3.21. The molecule has 0 amide bonds. The number of anilines is 1. The highest BCUT2D eigenvalue weighted by Gasteiger charge is 2.16. The van der Waals surface area contributed by atoms with Gasteiger partial charge in [-0.2, -0.15) is 5.10 Å². The lowest BCUT2D eigenvalue weighted by molar-refractivity contribution is 0.705. The Kier molecular flexibility index (Phi) is 4.51. The molecule has 128 valence electrons. The van der Waals surface area contributed by atoms with E-state index >= 15 is 0 Å². The zero-order valence-corrected chi connectivity index (χ0v) is 15.1. The SMILES string of the molecule is CC(C)c1nc(N(C)CCCc2nccn2C)c2cnn(C)c2n1. The van der Waals surface area contributed by atoms with Gasteiger partial charge >= 0.3 is 0 Å². The van der Waals surface area contributed by atoms with Crippen LogP contribution in [0, 0.1) is 0 Å². The second kappa shape index (κ2) is 6.59. The number of hydrogen-bond acceptors (Lipinski definition) is 5. The molecule has 3 aromatic heterocycles. The van der Waals surface area contributed by atoms with Gasteiger partial charge in [0.05, 0.1) is 11.6 Å². The molecule has 0 bridgehead atoms. The second-order valence-corrected chi connectivity index (χ2v) is 6.55. The van der Waals surface area contributed by atoms with E-state index in [1.165, 1.54) is 0 Å². The second-order valence-electron chi connectivity index (χ2n) is 6.55. The highest BCUT2D eigenvalue weighted by atomic mass is 15.3. The van der Waals surface area contributed by atoms with Crippen molar-refractivity contribution >= 4 is 16.9 Å². The number of nitrogens with zero attached hydrogens (tertiary/aromatic N) is 7. The molecule has 7 nitrogen and oxygen atoms in total. The Morgan fingerprint density at radius 1 is 1.21 bits per heavy atom. The fourth-order valence-electron chi connectivity index (χ4n) is 2.79. The minimum atomic E-state index is 0.281. The lowest BCUT2D eigenvalue weighted by Gasteiger charge is -2.20. The van der Waals surface area contributed by atoms with Crippen molar-refractivity contribution in [3.05, 3.63) is 30.2 Å². The van der Waals surface area contributed by atoms with Crippen LogP contribution in [0.2, 0.25) is 0 Å². The van der Waals surface area contributed by atoms with E-state index in [1.54, 1.807) is 0 Å². The van der Waals surface area contributed by atoms with E-state index in [9.17, 15) is 0 Å². The van der Waals surface area contributed by atoms with Gasteiger partial charge in [-0.15, -0.1) is 0 Å². The summed E-state index contributed by atoms with van der Waals surface area (Å²) in [5.41, 5.74) is 0.889. The third-order valence-corrected chi connectivity index (χ3v) is 4.28. The Hall–Kier alpha value is -2.44. The topological polar surface area (TPSA) is 64.7 Å². The Labute approximate surface area is 142 Å². The van der Waals surface area contributed by atoms with Crippen molar-refractivity contribution in [1.29, 1.82) is 0 Å². The maximum atomic E-state index is 4.79. The summed E-state index contributed by atoms with van der Waals surface area (Å²) in [6, 6.07) is 0. The van der Waals surface area contributed by atoms with Crippen LogP contribution < -0.4 is 4.90 Å². The van der Waals surface area contributed by atoms with Gasteiger partial charge < -0.3 is 9.47 Å². The monoisotopic (exact) mass is 327 g/mol. The molecule has 0 aromatic carbocycles. The van der Waals surface area contributed by atoms with Gasteiger partial charge in [-0.25, -0.2) is 15.0 Å². The van der Waals surface area contributed by atoms with E-state index < -0.39 is 0 Å². The van der Waals surface area contributed by atoms with Crippen molar-refractivity contribution in [3.8, 4) is 0 Å². The molecule has 0 radical (unpaired) electrons. The molecule has 0 aliphatic carbocycles. The molecule has 3 rings (SSSR count). The molecule has 0 saturated carbocycles. The van der Waals surface area contributed by atoms with Gasteiger partial charge in [-0.1, -0.05) is 13.8 Å². The first-order valence-corrected chi connectivity index (χ1v) is 8.34. The summed E-state index contributed by atoms with van der Waals surface area (Å²) in [6.45, 7) is 5.14. The quantitative estimate of drug-likeness (QED) is 0.695. The van der Waals surface area contributed by atoms with Gasteiger partial charge in [0, 0.05) is 52.4 Å². The molecule has 0 N–H and O–H groups in total. The third-order valence-electron chi connectivity index (χ3n) is 4.28. The standard InChI is InChI=1S/C17H25N7/c1-12(2)15-20-16(13-11-19-24(5)17(13)21-15)23(4)9-6-7-14-18-8-10-22(14)3/h8,10-12H,6-7,9H2,1-5H3. The largest absolute Gasteiger partial charge is 0.359 e. The smallest absolute Gasteiger partial charge is 0.163 e. The summed E-state index contributed by atoms with van der Waals surface area (Å²) in [6.07, 6.45) is 7.65. The van der Waals surface area contributed by atoms with Crippen molar-refractivity contribution in [2.75, 3.05) is 18.5 Å². The highest BCUT2D eigenvalue weighted by molar-refractivity contribution is 5.86. The first-order chi connectivity index (χ1) is 11.5. The Bertz CT molecular complexity index is 831. The number of aryl methyl sites for hydroxylation is 3. The van der Waals surface area contributed by atoms with Crippen LogP contribution >= 0.6 is 0 Å². The van der Waals surface area contributed by atoms with Gasteiger partial charge in [0.2, 0.25) is 0 Å². The lowest BCUT2D eigenvalue weighted by Crippen LogP contribution is -2.22. The van der Waals surface area contributed by atoms with Crippen LogP contribution in [0.4, 0.5) is 5.82 Å². The van der Waals surface area contributed by atoms with Crippen LogP contribution in [0.1, 0.15) is 37.8 Å². The fourth-order valence-corrected chi connectivity index (χ4v) is 2.79. The predicted octanol–water partition coefficient (Wildman–Crippen LogP) is 2.29. The summed E-state index contributed by atoms with van der Waals surface area (Å²) < 4.78 is 3.88. The minimum Gasteiger partial charge on any atom is -0.359 e. The fraction of sp³-hybridized carbons (Fsp3) is 0.529. The molecule has 3 heterocycles. The van der Waals surface area contributed by atoms with E-state index in [0.29, 0.717) is 0 Å². The molecule has 0 unspecified atom stereocenters. The number of hydrogen-bond donors (Lipinski definition) is 0. The maximum Gasteiger partial charge on any atom is 0.163 e. The molecule has 0 spiro atoms. The lowest BCUT2D eigenvalue weighted by atomic mass is 10.2. The predicted molar refractivity (Wildman–Crippen MR) is 95.2 cm³/mol. The van der Waals surface area contributed by atoms with Crippen LogP contribution in [-0.4, -0.2) is 42.9 Å². The molecule has 0 aliphatic rings. The van der Waals surface area contributed by atoms with Crippen LogP contribution in [0.5, 0.6) is 0 Å².